The highest BCUT2D eigenvalue weighted by Gasteiger charge is 2.25. The highest BCUT2D eigenvalue weighted by Crippen LogP contribution is 2.25. The molecule has 1 aliphatic rings. The smallest absolute Gasteiger partial charge is 0.305 e. The van der Waals surface area contributed by atoms with Crippen molar-refractivity contribution in [3.63, 3.8) is 0 Å². The molecule has 6 heteroatoms. The van der Waals surface area contributed by atoms with Crippen LogP contribution in [0.2, 0.25) is 0 Å². The third-order valence-electron chi connectivity index (χ3n) is 3.84. The Kier molecular flexibility index (Phi) is 5.03. The van der Waals surface area contributed by atoms with E-state index in [2.05, 4.69) is 4.90 Å². The molecule has 1 aromatic rings. The molecular weight excluding hydrogens is 263 g/mol. The molecule has 1 aromatic carbocycles. The fourth-order valence-corrected chi connectivity index (χ4v) is 2.79. The molecule has 20 heavy (non-hydrogen) atoms. The molecule has 0 aliphatic carbocycles. The van der Waals surface area contributed by atoms with Gasteiger partial charge in [-0.25, -0.2) is 0 Å². The SMILES string of the molecule is O=[N+]([O-])c1cccc(CN2CCCCC2CCO)c1F. The van der Waals surface area contributed by atoms with Gasteiger partial charge in [0.15, 0.2) is 0 Å². The molecule has 1 N–H and O–H groups in total. The summed E-state index contributed by atoms with van der Waals surface area (Å²) in [6, 6.07) is 4.52. The van der Waals surface area contributed by atoms with Crippen molar-refractivity contribution >= 4 is 5.69 Å². The van der Waals surface area contributed by atoms with E-state index in [9.17, 15) is 14.5 Å². The number of hydrogen-bond acceptors (Lipinski definition) is 4. The maximum absolute atomic E-state index is 14.1. The Morgan fingerprint density at radius 3 is 2.95 bits per heavy atom. The summed E-state index contributed by atoms with van der Waals surface area (Å²) in [5.74, 6) is -0.745. The number of aliphatic hydroxyl groups is 1. The zero-order chi connectivity index (χ0) is 14.5. The van der Waals surface area contributed by atoms with Crippen LogP contribution in [0.1, 0.15) is 31.2 Å². The second-order valence-electron chi connectivity index (χ2n) is 5.14. The average molecular weight is 282 g/mol. The summed E-state index contributed by atoms with van der Waals surface area (Å²) in [5, 5.41) is 19.8. The number of halogens is 1. The van der Waals surface area contributed by atoms with E-state index < -0.39 is 16.4 Å². The van der Waals surface area contributed by atoms with Crippen LogP contribution >= 0.6 is 0 Å². The monoisotopic (exact) mass is 282 g/mol. The van der Waals surface area contributed by atoms with Crippen molar-refractivity contribution in [2.75, 3.05) is 13.2 Å². The number of nitrogens with zero attached hydrogens (tertiary/aromatic N) is 2. The minimum Gasteiger partial charge on any atom is -0.396 e. The standard InChI is InChI=1S/C14H19FN2O3/c15-14-11(4-3-6-13(14)17(19)20)10-16-8-2-1-5-12(16)7-9-18/h3-4,6,12,18H,1-2,5,7-10H2. The Morgan fingerprint density at radius 1 is 1.45 bits per heavy atom. The molecule has 5 nitrogen and oxygen atoms in total. The molecule has 110 valence electrons. The molecule has 1 atom stereocenters. The van der Waals surface area contributed by atoms with Gasteiger partial charge < -0.3 is 5.11 Å². The van der Waals surface area contributed by atoms with Crippen LogP contribution in [0.25, 0.3) is 0 Å². The van der Waals surface area contributed by atoms with E-state index in [1.165, 1.54) is 12.1 Å². The van der Waals surface area contributed by atoms with Gasteiger partial charge in [0.1, 0.15) is 0 Å². The minimum atomic E-state index is -0.745. The molecule has 0 saturated carbocycles. The zero-order valence-corrected chi connectivity index (χ0v) is 11.3. The number of nitro benzene ring substituents is 1. The largest absolute Gasteiger partial charge is 0.396 e. The lowest BCUT2D eigenvalue weighted by atomic mass is 9.98. The minimum absolute atomic E-state index is 0.110. The molecule has 2 rings (SSSR count). The Labute approximate surface area is 117 Å². The van der Waals surface area contributed by atoms with Crippen molar-refractivity contribution in [2.45, 2.75) is 38.3 Å². The highest BCUT2D eigenvalue weighted by atomic mass is 19.1. The second-order valence-corrected chi connectivity index (χ2v) is 5.14. The van der Waals surface area contributed by atoms with Crippen molar-refractivity contribution < 1.29 is 14.4 Å². The molecule has 0 amide bonds. The normalized spacial score (nSPS) is 20.0. The number of piperidine rings is 1. The lowest BCUT2D eigenvalue weighted by molar-refractivity contribution is -0.387. The number of likely N-dealkylation sites (tertiary alicyclic amines) is 1. The van der Waals surface area contributed by atoms with Gasteiger partial charge >= 0.3 is 5.69 Å². The van der Waals surface area contributed by atoms with Gasteiger partial charge in [0.25, 0.3) is 0 Å². The summed E-state index contributed by atoms with van der Waals surface area (Å²) in [7, 11) is 0. The van der Waals surface area contributed by atoms with Gasteiger partial charge in [-0.2, -0.15) is 4.39 Å². The van der Waals surface area contributed by atoms with Gasteiger partial charge in [0.05, 0.1) is 4.92 Å². The maximum atomic E-state index is 14.1. The van der Waals surface area contributed by atoms with E-state index in [4.69, 9.17) is 5.11 Å². The number of benzene rings is 1. The van der Waals surface area contributed by atoms with E-state index in [1.807, 2.05) is 0 Å². The van der Waals surface area contributed by atoms with Gasteiger partial charge in [0.2, 0.25) is 5.82 Å². The first-order chi connectivity index (χ1) is 9.63. The van der Waals surface area contributed by atoms with Crippen LogP contribution in [0, 0.1) is 15.9 Å². The van der Waals surface area contributed by atoms with Crippen molar-refractivity contribution in [2.24, 2.45) is 0 Å². The summed E-state index contributed by atoms with van der Waals surface area (Å²) < 4.78 is 14.1. The quantitative estimate of drug-likeness (QED) is 0.665. The zero-order valence-electron chi connectivity index (χ0n) is 11.3. The van der Waals surface area contributed by atoms with E-state index >= 15 is 0 Å². The van der Waals surface area contributed by atoms with Crippen molar-refractivity contribution in [3.05, 3.63) is 39.7 Å². The van der Waals surface area contributed by atoms with Gasteiger partial charge in [-0.1, -0.05) is 18.6 Å². The third kappa shape index (κ3) is 3.32. The summed E-state index contributed by atoms with van der Waals surface area (Å²) in [4.78, 5) is 12.2. The first-order valence-electron chi connectivity index (χ1n) is 6.90. The van der Waals surface area contributed by atoms with Gasteiger partial charge in [-0.3, -0.25) is 15.0 Å². The molecule has 1 aliphatic heterocycles. The molecule has 1 saturated heterocycles. The van der Waals surface area contributed by atoms with E-state index in [-0.39, 0.29) is 12.6 Å². The molecule has 0 spiro atoms. The van der Waals surface area contributed by atoms with Crippen LogP contribution in [-0.2, 0) is 6.54 Å². The number of aliphatic hydroxyl groups excluding tert-OH is 1. The number of nitro groups is 1. The molecule has 1 unspecified atom stereocenters. The van der Waals surface area contributed by atoms with E-state index in [0.717, 1.165) is 25.8 Å². The fraction of sp³-hybridized carbons (Fsp3) is 0.571. The van der Waals surface area contributed by atoms with Crippen LogP contribution in [0.5, 0.6) is 0 Å². The van der Waals surface area contributed by atoms with Crippen molar-refractivity contribution in [1.82, 2.24) is 4.90 Å². The van der Waals surface area contributed by atoms with E-state index in [0.29, 0.717) is 18.5 Å². The molecule has 1 fully saturated rings. The summed E-state index contributed by atoms with van der Waals surface area (Å²) in [6.45, 7) is 1.31. The Balaban J connectivity index is 2.16. The van der Waals surface area contributed by atoms with Gasteiger partial charge in [-0.15, -0.1) is 0 Å². The second kappa shape index (κ2) is 6.76. The number of hydrogen-bond donors (Lipinski definition) is 1. The van der Waals surface area contributed by atoms with Gasteiger partial charge in [0, 0.05) is 30.8 Å². The summed E-state index contributed by atoms with van der Waals surface area (Å²) >= 11 is 0. The van der Waals surface area contributed by atoms with Crippen LogP contribution in [-0.4, -0.2) is 34.1 Å². The topological polar surface area (TPSA) is 66.6 Å². The summed E-state index contributed by atoms with van der Waals surface area (Å²) in [5.41, 5.74) is -0.123. The fourth-order valence-electron chi connectivity index (χ4n) is 2.79. The van der Waals surface area contributed by atoms with Crippen molar-refractivity contribution in [3.8, 4) is 0 Å². The predicted molar refractivity (Wildman–Crippen MR) is 72.8 cm³/mol. The highest BCUT2D eigenvalue weighted by molar-refractivity contribution is 5.36. The van der Waals surface area contributed by atoms with Crippen LogP contribution < -0.4 is 0 Å². The molecule has 0 radical (unpaired) electrons. The molecule has 0 bridgehead atoms. The van der Waals surface area contributed by atoms with Crippen LogP contribution in [0.4, 0.5) is 10.1 Å². The molecule has 1 heterocycles. The van der Waals surface area contributed by atoms with Crippen LogP contribution in [0.3, 0.4) is 0 Å². The lowest BCUT2D eigenvalue weighted by Gasteiger charge is -2.35. The number of rotatable bonds is 5. The van der Waals surface area contributed by atoms with Crippen molar-refractivity contribution in [1.29, 1.82) is 0 Å². The molecular formula is C14H19FN2O3. The summed E-state index contributed by atoms with van der Waals surface area (Å²) in [6.07, 6.45) is 3.80. The Morgan fingerprint density at radius 2 is 2.25 bits per heavy atom. The first kappa shape index (κ1) is 14.9. The predicted octanol–water partition coefficient (Wildman–Crippen LogP) is 2.47. The van der Waals surface area contributed by atoms with Crippen LogP contribution in [0.15, 0.2) is 18.2 Å². The maximum Gasteiger partial charge on any atom is 0.305 e. The lowest BCUT2D eigenvalue weighted by Crippen LogP contribution is -2.39. The first-order valence-corrected chi connectivity index (χ1v) is 6.90. The Hall–Kier alpha value is -1.53. The average Bonchev–Trinajstić information content (AvgIpc) is 2.43. The van der Waals surface area contributed by atoms with Gasteiger partial charge in [-0.05, 0) is 25.8 Å². The molecule has 0 aromatic heterocycles. The van der Waals surface area contributed by atoms with E-state index in [1.54, 1.807) is 6.07 Å². The Bertz CT molecular complexity index is 479. The third-order valence-corrected chi connectivity index (χ3v) is 3.84.